The van der Waals surface area contributed by atoms with Gasteiger partial charge in [-0.15, -0.1) is 22.7 Å². The van der Waals surface area contributed by atoms with Gasteiger partial charge in [-0.3, -0.25) is 14.2 Å². The summed E-state index contributed by atoms with van der Waals surface area (Å²) in [7, 11) is 0. The molecule has 0 radical (unpaired) electrons. The molecule has 0 saturated carbocycles. The molecule has 148 valence electrons. The third-order valence-corrected chi connectivity index (χ3v) is 7.26. The van der Waals surface area contributed by atoms with Crippen LogP contribution in [-0.4, -0.2) is 21.2 Å². The van der Waals surface area contributed by atoms with Gasteiger partial charge in [0, 0.05) is 28.1 Å². The summed E-state index contributed by atoms with van der Waals surface area (Å²) in [5.74, 6) is 0.0712. The molecule has 3 aromatic heterocycles. The summed E-state index contributed by atoms with van der Waals surface area (Å²) >= 11 is 4.37. The Labute approximate surface area is 180 Å². The van der Waals surface area contributed by atoms with E-state index in [0.29, 0.717) is 21.9 Å². The highest BCUT2D eigenvalue weighted by Gasteiger charge is 2.18. The van der Waals surface area contributed by atoms with Gasteiger partial charge in [-0.05, 0) is 36.9 Å². The van der Waals surface area contributed by atoms with Gasteiger partial charge >= 0.3 is 0 Å². The van der Waals surface area contributed by atoms with Crippen LogP contribution in [0.2, 0.25) is 0 Å². The molecule has 0 fully saturated rings. The van der Waals surface area contributed by atoms with E-state index in [9.17, 15) is 9.59 Å². The highest BCUT2D eigenvalue weighted by Crippen LogP contribution is 2.34. The average molecular weight is 442 g/mol. The van der Waals surface area contributed by atoms with Gasteiger partial charge in [-0.25, -0.2) is 4.98 Å². The first-order valence-corrected chi connectivity index (χ1v) is 11.9. The molecular formula is C21H19N3O2S3. The molecule has 1 N–H and O–H groups in total. The number of anilines is 1. The zero-order valence-corrected chi connectivity index (χ0v) is 18.4. The Morgan fingerprint density at radius 1 is 1.21 bits per heavy atom. The lowest BCUT2D eigenvalue weighted by Gasteiger charge is -2.11. The molecule has 0 aliphatic carbocycles. The summed E-state index contributed by atoms with van der Waals surface area (Å²) in [6, 6.07) is 11.6. The van der Waals surface area contributed by atoms with Gasteiger partial charge in [0.1, 0.15) is 4.83 Å². The SMILES string of the molecule is CCn1c(SCC(=O)Nc2ccccc2C)nc2scc(-c3cccs3)c2c1=O. The molecule has 0 aliphatic heterocycles. The van der Waals surface area contributed by atoms with Crippen molar-refractivity contribution in [1.82, 2.24) is 9.55 Å². The van der Waals surface area contributed by atoms with Crippen LogP contribution in [0.4, 0.5) is 5.69 Å². The Balaban J connectivity index is 1.60. The minimum atomic E-state index is -0.119. The van der Waals surface area contributed by atoms with Crippen molar-refractivity contribution in [2.24, 2.45) is 0 Å². The molecule has 4 rings (SSSR count). The van der Waals surface area contributed by atoms with Crippen LogP contribution in [0.15, 0.2) is 57.1 Å². The van der Waals surface area contributed by atoms with Crippen LogP contribution >= 0.6 is 34.4 Å². The van der Waals surface area contributed by atoms with E-state index in [-0.39, 0.29) is 17.2 Å². The Morgan fingerprint density at radius 2 is 2.03 bits per heavy atom. The molecule has 0 atom stereocenters. The Morgan fingerprint density at radius 3 is 2.76 bits per heavy atom. The molecule has 4 aromatic rings. The second-order valence-corrected chi connectivity index (χ2v) is 9.15. The van der Waals surface area contributed by atoms with E-state index in [2.05, 4.69) is 5.32 Å². The van der Waals surface area contributed by atoms with E-state index in [1.54, 1.807) is 15.9 Å². The van der Waals surface area contributed by atoms with Gasteiger partial charge in [-0.1, -0.05) is 36.0 Å². The summed E-state index contributed by atoms with van der Waals surface area (Å²) < 4.78 is 1.65. The van der Waals surface area contributed by atoms with E-state index in [4.69, 9.17) is 4.98 Å². The molecule has 0 unspecified atom stereocenters. The lowest BCUT2D eigenvalue weighted by molar-refractivity contribution is -0.113. The number of hydrogen-bond acceptors (Lipinski definition) is 6. The van der Waals surface area contributed by atoms with Crippen molar-refractivity contribution in [2.45, 2.75) is 25.5 Å². The molecule has 8 heteroatoms. The summed E-state index contributed by atoms with van der Waals surface area (Å²) in [5, 5.41) is 8.15. The third-order valence-electron chi connectivity index (χ3n) is 4.51. The molecule has 1 aromatic carbocycles. The van der Waals surface area contributed by atoms with Gasteiger partial charge in [0.15, 0.2) is 5.16 Å². The average Bonchev–Trinajstić information content (AvgIpc) is 3.38. The zero-order valence-electron chi connectivity index (χ0n) is 16.0. The molecule has 0 bridgehead atoms. The number of rotatable bonds is 6. The topological polar surface area (TPSA) is 64.0 Å². The number of fused-ring (bicyclic) bond motifs is 1. The molecular weight excluding hydrogens is 422 g/mol. The monoisotopic (exact) mass is 441 g/mol. The number of para-hydroxylation sites is 1. The largest absolute Gasteiger partial charge is 0.325 e. The number of hydrogen-bond donors (Lipinski definition) is 1. The van der Waals surface area contributed by atoms with Gasteiger partial charge < -0.3 is 5.32 Å². The molecule has 5 nitrogen and oxygen atoms in total. The number of carbonyl (C=O) groups is 1. The van der Waals surface area contributed by atoms with Crippen LogP contribution in [0.3, 0.4) is 0 Å². The van der Waals surface area contributed by atoms with Crippen molar-refractivity contribution in [3.63, 3.8) is 0 Å². The number of amides is 1. The van der Waals surface area contributed by atoms with E-state index in [1.165, 1.54) is 23.1 Å². The van der Waals surface area contributed by atoms with Crippen molar-refractivity contribution in [3.8, 4) is 10.4 Å². The minimum Gasteiger partial charge on any atom is -0.325 e. The van der Waals surface area contributed by atoms with Crippen molar-refractivity contribution in [1.29, 1.82) is 0 Å². The van der Waals surface area contributed by atoms with E-state index in [0.717, 1.165) is 21.7 Å². The Hall–Kier alpha value is -2.42. The predicted molar refractivity (Wildman–Crippen MR) is 123 cm³/mol. The fraction of sp³-hybridized carbons (Fsp3) is 0.190. The summed E-state index contributed by atoms with van der Waals surface area (Å²) in [4.78, 5) is 32.0. The van der Waals surface area contributed by atoms with Crippen LogP contribution in [0.1, 0.15) is 12.5 Å². The smallest absolute Gasteiger partial charge is 0.263 e. The van der Waals surface area contributed by atoms with E-state index in [1.807, 2.05) is 61.0 Å². The van der Waals surface area contributed by atoms with E-state index >= 15 is 0 Å². The van der Waals surface area contributed by atoms with Crippen LogP contribution < -0.4 is 10.9 Å². The molecule has 0 aliphatic rings. The van der Waals surface area contributed by atoms with E-state index < -0.39 is 0 Å². The standard InChI is InChI=1S/C21H19N3O2S3/c1-3-24-20(26)18-14(16-9-6-10-27-16)11-28-19(18)23-21(24)29-12-17(25)22-15-8-5-4-7-13(15)2/h4-11H,3,12H2,1-2H3,(H,22,25). The molecule has 0 spiro atoms. The third kappa shape index (κ3) is 4.01. The number of thioether (sulfide) groups is 1. The number of benzene rings is 1. The molecule has 29 heavy (non-hydrogen) atoms. The van der Waals surface area contributed by atoms with Gasteiger partial charge in [0.25, 0.3) is 5.56 Å². The lowest BCUT2D eigenvalue weighted by atomic mass is 10.2. The van der Waals surface area contributed by atoms with Crippen LogP contribution in [0.25, 0.3) is 20.7 Å². The highest BCUT2D eigenvalue weighted by atomic mass is 32.2. The number of thiophene rings is 2. The molecule has 3 heterocycles. The maximum absolute atomic E-state index is 13.2. The Bertz CT molecular complexity index is 1230. The summed E-state index contributed by atoms with van der Waals surface area (Å²) in [5.41, 5.74) is 2.70. The zero-order chi connectivity index (χ0) is 20.4. The highest BCUT2D eigenvalue weighted by molar-refractivity contribution is 7.99. The Kier molecular flexibility index (Phi) is 5.84. The first kappa shape index (κ1) is 19.9. The maximum atomic E-state index is 13.2. The number of aryl methyl sites for hydroxylation is 1. The number of nitrogens with zero attached hydrogens (tertiary/aromatic N) is 2. The van der Waals surface area contributed by atoms with Crippen molar-refractivity contribution < 1.29 is 4.79 Å². The first-order chi connectivity index (χ1) is 14.1. The van der Waals surface area contributed by atoms with Crippen LogP contribution in [-0.2, 0) is 11.3 Å². The van der Waals surface area contributed by atoms with Gasteiger partial charge in [0.2, 0.25) is 5.91 Å². The molecule has 1 amide bonds. The fourth-order valence-electron chi connectivity index (χ4n) is 3.04. The minimum absolute atomic E-state index is 0.0519. The first-order valence-electron chi connectivity index (χ1n) is 9.12. The predicted octanol–water partition coefficient (Wildman–Crippen LogP) is 5.25. The van der Waals surface area contributed by atoms with Crippen molar-refractivity contribution >= 4 is 56.2 Å². The molecule has 0 saturated heterocycles. The normalized spacial score (nSPS) is 11.1. The maximum Gasteiger partial charge on any atom is 0.263 e. The quantitative estimate of drug-likeness (QED) is 0.328. The van der Waals surface area contributed by atoms with Gasteiger partial charge in [0.05, 0.1) is 11.1 Å². The van der Waals surface area contributed by atoms with Gasteiger partial charge in [-0.2, -0.15) is 0 Å². The van der Waals surface area contributed by atoms with Crippen LogP contribution in [0.5, 0.6) is 0 Å². The number of carbonyl (C=O) groups excluding carboxylic acids is 1. The van der Waals surface area contributed by atoms with Crippen molar-refractivity contribution in [3.05, 3.63) is 63.1 Å². The number of nitrogens with one attached hydrogen (secondary N) is 1. The second-order valence-electron chi connectivity index (χ2n) is 6.40. The fourth-order valence-corrected chi connectivity index (χ4v) is 5.70. The second kappa shape index (κ2) is 8.52. The summed E-state index contributed by atoms with van der Waals surface area (Å²) in [6.07, 6.45) is 0. The summed E-state index contributed by atoms with van der Waals surface area (Å²) in [6.45, 7) is 4.38. The number of aromatic nitrogens is 2. The van der Waals surface area contributed by atoms with Crippen LogP contribution in [0, 0.1) is 6.92 Å². The lowest BCUT2D eigenvalue weighted by Crippen LogP contribution is -2.23. The van der Waals surface area contributed by atoms with Crippen molar-refractivity contribution in [2.75, 3.05) is 11.1 Å².